The molecule has 0 radical (unpaired) electrons. The first-order valence-corrected chi connectivity index (χ1v) is 5.82. The monoisotopic (exact) mass is 223 g/mol. The Labute approximate surface area is 92.9 Å². The normalized spacial score (nSPS) is 16.2. The summed E-state index contributed by atoms with van der Waals surface area (Å²) in [4.78, 5) is 4.34. The number of benzene rings is 1. The number of aliphatic imine (C=N–C) groups is 1. The standard InChI is InChI=1S/C11H10ClNS/c12-10-4-1-9(2-5-10)3-6-11-13-7-8-14-11/h1-6H,7-8H2/b6-3+. The molecule has 0 aliphatic carbocycles. The molecule has 1 aromatic carbocycles. The summed E-state index contributed by atoms with van der Waals surface area (Å²) in [5.41, 5.74) is 1.16. The number of hydrogen-bond acceptors (Lipinski definition) is 2. The number of thioether (sulfide) groups is 1. The molecular formula is C11H10ClNS. The maximum Gasteiger partial charge on any atom is 0.0905 e. The fourth-order valence-corrected chi connectivity index (χ4v) is 2.06. The molecule has 0 N–H and O–H groups in total. The second-order valence-corrected chi connectivity index (χ2v) is 4.50. The molecule has 0 unspecified atom stereocenters. The minimum Gasteiger partial charge on any atom is -0.278 e. The summed E-state index contributed by atoms with van der Waals surface area (Å²) >= 11 is 7.59. The van der Waals surface area contributed by atoms with Crippen LogP contribution >= 0.6 is 23.4 Å². The highest BCUT2D eigenvalue weighted by atomic mass is 35.5. The van der Waals surface area contributed by atoms with Gasteiger partial charge in [0.1, 0.15) is 0 Å². The molecule has 0 saturated heterocycles. The molecule has 2 rings (SSSR count). The first-order chi connectivity index (χ1) is 6.84. The Morgan fingerprint density at radius 1 is 1.21 bits per heavy atom. The van der Waals surface area contributed by atoms with Crippen LogP contribution in [0.15, 0.2) is 35.3 Å². The van der Waals surface area contributed by atoms with Gasteiger partial charge in [-0.25, -0.2) is 0 Å². The van der Waals surface area contributed by atoms with Crippen LogP contribution in [0.1, 0.15) is 5.56 Å². The molecule has 0 saturated carbocycles. The lowest BCUT2D eigenvalue weighted by atomic mass is 10.2. The Morgan fingerprint density at radius 2 is 2.00 bits per heavy atom. The summed E-state index contributed by atoms with van der Waals surface area (Å²) in [6.07, 6.45) is 4.12. The SMILES string of the molecule is Clc1ccc(/C=C/C2=NCCS2)cc1. The van der Waals surface area contributed by atoms with E-state index in [1.807, 2.05) is 24.3 Å². The maximum atomic E-state index is 5.79. The average Bonchev–Trinajstić information content (AvgIpc) is 2.70. The van der Waals surface area contributed by atoms with E-state index in [4.69, 9.17) is 11.6 Å². The Bertz CT molecular complexity index is 367. The first-order valence-electron chi connectivity index (χ1n) is 4.45. The Balaban J connectivity index is 2.06. The molecule has 0 amide bonds. The minimum absolute atomic E-state index is 0.773. The number of rotatable bonds is 2. The van der Waals surface area contributed by atoms with Gasteiger partial charge in [0.2, 0.25) is 0 Å². The van der Waals surface area contributed by atoms with E-state index in [0.717, 1.165) is 27.9 Å². The van der Waals surface area contributed by atoms with Crippen molar-refractivity contribution in [2.45, 2.75) is 0 Å². The van der Waals surface area contributed by atoms with Gasteiger partial charge in [0, 0.05) is 17.3 Å². The van der Waals surface area contributed by atoms with E-state index in [-0.39, 0.29) is 0 Å². The lowest BCUT2D eigenvalue weighted by Gasteiger charge is -1.93. The summed E-state index contributed by atoms with van der Waals surface area (Å²) in [5, 5.41) is 1.90. The highest BCUT2D eigenvalue weighted by Gasteiger charge is 2.01. The van der Waals surface area contributed by atoms with E-state index >= 15 is 0 Å². The van der Waals surface area contributed by atoms with Gasteiger partial charge in [-0.2, -0.15) is 0 Å². The molecule has 0 atom stereocenters. The molecule has 72 valence electrons. The number of hydrogen-bond donors (Lipinski definition) is 0. The zero-order chi connectivity index (χ0) is 9.80. The highest BCUT2D eigenvalue weighted by molar-refractivity contribution is 8.14. The largest absolute Gasteiger partial charge is 0.278 e. The Morgan fingerprint density at radius 3 is 2.64 bits per heavy atom. The lowest BCUT2D eigenvalue weighted by Crippen LogP contribution is -1.78. The highest BCUT2D eigenvalue weighted by Crippen LogP contribution is 2.15. The van der Waals surface area contributed by atoms with Gasteiger partial charge in [0.25, 0.3) is 0 Å². The van der Waals surface area contributed by atoms with Crippen LogP contribution in [0.2, 0.25) is 5.02 Å². The molecule has 0 aromatic heterocycles. The summed E-state index contributed by atoms with van der Waals surface area (Å²) in [6.45, 7) is 0.949. The molecule has 3 heteroatoms. The fourth-order valence-electron chi connectivity index (χ4n) is 1.19. The summed E-state index contributed by atoms with van der Waals surface area (Å²) in [5.74, 6) is 1.11. The molecule has 0 fully saturated rings. The third kappa shape index (κ3) is 2.63. The molecule has 1 aromatic rings. The first kappa shape index (κ1) is 9.81. The Hall–Kier alpha value is -0.730. The van der Waals surface area contributed by atoms with E-state index in [9.17, 15) is 0 Å². The van der Waals surface area contributed by atoms with Crippen LogP contribution in [0.5, 0.6) is 0 Å². The van der Waals surface area contributed by atoms with Crippen LogP contribution in [0.3, 0.4) is 0 Å². The van der Waals surface area contributed by atoms with Crippen LogP contribution in [-0.4, -0.2) is 17.3 Å². The molecular weight excluding hydrogens is 214 g/mol. The van der Waals surface area contributed by atoms with E-state index in [2.05, 4.69) is 17.1 Å². The van der Waals surface area contributed by atoms with Gasteiger partial charge < -0.3 is 0 Å². The van der Waals surface area contributed by atoms with Crippen molar-refractivity contribution in [2.24, 2.45) is 4.99 Å². The van der Waals surface area contributed by atoms with Gasteiger partial charge in [-0.3, -0.25) is 4.99 Å². The molecule has 0 bridgehead atoms. The molecule has 1 nitrogen and oxygen atoms in total. The van der Waals surface area contributed by atoms with Gasteiger partial charge >= 0.3 is 0 Å². The molecule has 1 heterocycles. The topological polar surface area (TPSA) is 12.4 Å². The van der Waals surface area contributed by atoms with Crippen LogP contribution in [-0.2, 0) is 0 Å². The third-order valence-corrected chi connectivity index (χ3v) is 3.10. The smallest absolute Gasteiger partial charge is 0.0905 e. The van der Waals surface area contributed by atoms with Gasteiger partial charge in [0.15, 0.2) is 0 Å². The predicted octanol–water partition coefficient (Wildman–Crippen LogP) is 3.50. The molecule has 0 spiro atoms. The summed E-state index contributed by atoms with van der Waals surface area (Å²) < 4.78 is 0. The quantitative estimate of drug-likeness (QED) is 0.748. The van der Waals surface area contributed by atoms with Crippen molar-refractivity contribution in [3.8, 4) is 0 Å². The van der Waals surface area contributed by atoms with Gasteiger partial charge in [-0.1, -0.05) is 29.8 Å². The predicted molar refractivity (Wildman–Crippen MR) is 65.2 cm³/mol. The van der Waals surface area contributed by atoms with Crippen LogP contribution in [0, 0.1) is 0 Å². The average molecular weight is 224 g/mol. The van der Waals surface area contributed by atoms with Crippen LogP contribution < -0.4 is 0 Å². The van der Waals surface area contributed by atoms with Crippen molar-refractivity contribution in [1.82, 2.24) is 0 Å². The van der Waals surface area contributed by atoms with Crippen molar-refractivity contribution in [2.75, 3.05) is 12.3 Å². The second-order valence-electron chi connectivity index (χ2n) is 2.95. The lowest BCUT2D eigenvalue weighted by molar-refractivity contribution is 1.18. The van der Waals surface area contributed by atoms with Crippen molar-refractivity contribution < 1.29 is 0 Å². The molecule has 1 aliphatic heterocycles. The zero-order valence-corrected chi connectivity index (χ0v) is 9.18. The Kier molecular flexibility index (Phi) is 3.27. The van der Waals surface area contributed by atoms with Crippen LogP contribution in [0.25, 0.3) is 6.08 Å². The second kappa shape index (κ2) is 4.67. The minimum atomic E-state index is 0.773. The summed E-state index contributed by atoms with van der Waals surface area (Å²) in [7, 11) is 0. The zero-order valence-electron chi connectivity index (χ0n) is 7.61. The summed E-state index contributed by atoms with van der Waals surface area (Å²) in [6, 6.07) is 7.79. The van der Waals surface area contributed by atoms with Crippen molar-refractivity contribution in [1.29, 1.82) is 0 Å². The van der Waals surface area contributed by atoms with Crippen molar-refractivity contribution in [3.63, 3.8) is 0 Å². The maximum absolute atomic E-state index is 5.79. The van der Waals surface area contributed by atoms with Crippen molar-refractivity contribution in [3.05, 3.63) is 40.9 Å². The van der Waals surface area contributed by atoms with E-state index in [1.165, 1.54) is 0 Å². The molecule has 1 aliphatic rings. The van der Waals surface area contributed by atoms with Crippen molar-refractivity contribution >= 4 is 34.5 Å². The van der Waals surface area contributed by atoms with E-state index < -0.39 is 0 Å². The molecule has 14 heavy (non-hydrogen) atoms. The van der Waals surface area contributed by atoms with Gasteiger partial charge in [-0.15, -0.1) is 11.8 Å². The number of nitrogens with zero attached hydrogens (tertiary/aromatic N) is 1. The van der Waals surface area contributed by atoms with Gasteiger partial charge in [-0.05, 0) is 23.8 Å². The third-order valence-electron chi connectivity index (χ3n) is 1.90. The van der Waals surface area contributed by atoms with Crippen LogP contribution in [0.4, 0.5) is 0 Å². The number of halogens is 1. The van der Waals surface area contributed by atoms with E-state index in [1.54, 1.807) is 11.8 Å². The fraction of sp³-hybridized carbons (Fsp3) is 0.182. The van der Waals surface area contributed by atoms with E-state index in [0.29, 0.717) is 0 Å². The van der Waals surface area contributed by atoms with Gasteiger partial charge in [0.05, 0.1) is 5.04 Å².